The molecule has 0 radical (unpaired) electrons. The van der Waals surface area contributed by atoms with Gasteiger partial charge in [-0.15, -0.1) is 0 Å². The van der Waals surface area contributed by atoms with E-state index >= 15 is 0 Å². The molecule has 1 atom stereocenters. The van der Waals surface area contributed by atoms with Crippen molar-refractivity contribution in [3.63, 3.8) is 0 Å². The number of fused-ring (bicyclic) bond motifs is 1. The van der Waals surface area contributed by atoms with Crippen LogP contribution in [0.5, 0.6) is 0 Å². The molecule has 0 aliphatic carbocycles. The Morgan fingerprint density at radius 3 is 2.55 bits per heavy atom. The first-order valence-corrected chi connectivity index (χ1v) is 7.01. The highest BCUT2D eigenvalue weighted by atomic mass is 15.2. The molecule has 0 amide bonds. The second-order valence-corrected chi connectivity index (χ2v) is 5.49. The molecule has 0 spiro atoms. The van der Waals surface area contributed by atoms with Gasteiger partial charge in [0.05, 0.1) is 0 Å². The fourth-order valence-electron chi connectivity index (χ4n) is 2.46. The molecule has 108 valence electrons. The van der Waals surface area contributed by atoms with Crippen LogP contribution in [0.2, 0.25) is 0 Å². The second-order valence-electron chi connectivity index (χ2n) is 5.49. The molecule has 1 aromatic heterocycles. The lowest BCUT2D eigenvalue weighted by Gasteiger charge is -2.29. The van der Waals surface area contributed by atoms with Crippen molar-refractivity contribution in [2.75, 3.05) is 40.8 Å². The summed E-state index contributed by atoms with van der Waals surface area (Å²) in [5, 5.41) is 2.42. The van der Waals surface area contributed by atoms with Crippen molar-refractivity contribution in [2.24, 2.45) is 5.73 Å². The Bertz CT molecular complexity index is 548. The molecule has 2 rings (SSSR count). The van der Waals surface area contributed by atoms with Crippen LogP contribution in [-0.4, -0.2) is 55.6 Å². The molecule has 1 unspecified atom stereocenters. The minimum absolute atomic E-state index is 0.202. The quantitative estimate of drug-likeness (QED) is 0.870. The van der Waals surface area contributed by atoms with Crippen LogP contribution in [0, 0.1) is 0 Å². The first-order chi connectivity index (χ1) is 9.63. The molecule has 0 bridgehead atoms. The van der Waals surface area contributed by atoms with Crippen molar-refractivity contribution in [2.45, 2.75) is 6.04 Å². The zero-order valence-electron chi connectivity index (χ0n) is 12.6. The molecule has 2 aromatic rings. The van der Waals surface area contributed by atoms with E-state index in [0.717, 1.165) is 13.1 Å². The van der Waals surface area contributed by atoms with E-state index in [4.69, 9.17) is 5.73 Å². The van der Waals surface area contributed by atoms with Gasteiger partial charge >= 0.3 is 0 Å². The monoisotopic (exact) mass is 272 g/mol. The van der Waals surface area contributed by atoms with Crippen molar-refractivity contribution >= 4 is 10.8 Å². The summed E-state index contributed by atoms with van der Waals surface area (Å²) in [5.41, 5.74) is 7.23. The minimum atomic E-state index is 0.202. The van der Waals surface area contributed by atoms with Gasteiger partial charge in [0.2, 0.25) is 0 Å². The molecular formula is C16H24N4. The molecule has 0 saturated heterocycles. The molecule has 1 heterocycles. The third-order valence-corrected chi connectivity index (χ3v) is 3.71. The maximum Gasteiger partial charge on any atom is 0.0489 e. The number of rotatable bonds is 6. The van der Waals surface area contributed by atoms with Crippen molar-refractivity contribution in [1.29, 1.82) is 0 Å². The standard InChI is InChI=1S/C16H24N4/c1-19(2)8-9-20(3)16(10-17)15-12-18-11-13-6-4-5-7-14(13)15/h4-7,11-12,16H,8-10,17H2,1-3H3. The van der Waals surface area contributed by atoms with E-state index < -0.39 is 0 Å². The summed E-state index contributed by atoms with van der Waals surface area (Å²) in [7, 11) is 6.30. The van der Waals surface area contributed by atoms with Gasteiger partial charge in [0.15, 0.2) is 0 Å². The summed E-state index contributed by atoms with van der Waals surface area (Å²) < 4.78 is 0. The molecule has 4 nitrogen and oxygen atoms in total. The Labute approximate surface area is 121 Å². The Kier molecular flexibility index (Phi) is 5.06. The van der Waals surface area contributed by atoms with Gasteiger partial charge in [-0.25, -0.2) is 0 Å². The molecule has 0 aliphatic heterocycles. The zero-order valence-corrected chi connectivity index (χ0v) is 12.6. The largest absolute Gasteiger partial charge is 0.329 e. The normalized spacial score (nSPS) is 13.3. The minimum Gasteiger partial charge on any atom is -0.329 e. The zero-order chi connectivity index (χ0) is 14.5. The van der Waals surface area contributed by atoms with Crippen LogP contribution in [0.25, 0.3) is 10.8 Å². The van der Waals surface area contributed by atoms with Gasteiger partial charge in [-0.1, -0.05) is 24.3 Å². The van der Waals surface area contributed by atoms with Crippen molar-refractivity contribution in [3.05, 3.63) is 42.2 Å². The molecule has 0 aliphatic rings. The van der Waals surface area contributed by atoms with Crippen LogP contribution in [-0.2, 0) is 0 Å². The van der Waals surface area contributed by atoms with Crippen LogP contribution in [0.4, 0.5) is 0 Å². The van der Waals surface area contributed by atoms with E-state index in [9.17, 15) is 0 Å². The van der Waals surface area contributed by atoms with E-state index in [1.54, 1.807) is 0 Å². The van der Waals surface area contributed by atoms with Gasteiger partial charge in [-0.3, -0.25) is 9.88 Å². The number of nitrogens with zero attached hydrogens (tertiary/aromatic N) is 3. The maximum absolute atomic E-state index is 6.02. The van der Waals surface area contributed by atoms with Crippen molar-refractivity contribution < 1.29 is 0 Å². The van der Waals surface area contributed by atoms with Crippen LogP contribution >= 0.6 is 0 Å². The van der Waals surface area contributed by atoms with Gasteiger partial charge in [-0.05, 0) is 32.1 Å². The summed E-state index contributed by atoms with van der Waals surface area (Å²) in [4.78, 5) is 8.86. The van der Waals surface area contributed by atoms with Gasteiger partial charge in [0.1, 0.15) is 0 Å². The Morgan fingerprint density at radius 2 is 1.85 bits per heavy atom. The SMILES string of the molecule is CN(C)CCN(C)C(CN)c1cncc2ccccc12. The third kappa shape index (κ3) is 3.33. The fraction of sp³-hybridized carbons (Fsp3) is 0.438. The van der Waals surface area contributed by atoms with Crippen LogP contribution in [0.3, 0.4) is 0 Å². The van der Waals surface area contributed by atoms with E-state index in [0.29, 0.717) is 6.54 Å². The van der Waals surface area contributed by atoms with Gasteiger partial charge in [0.25, 0.3) is 0 Å². The predicted molar refractivity (Wildman–Crippen MR) is 84.7 cm³/mol. The summed E-state index contributed by atoms with van der Waals surface area (Å²) >= 11 is 0. The highest BCUT2D eigenvalue weighted by Crippen LogP contribution is 2.25. The molecule has 2 N–H and O–H groups in total. The lowest BCUT2D eigenvalue weighted by atomic mass is 10.0. The second kappa shape index (κ2) is 6.79. The Balaban J connectivity index is 2.29. The lowest BCUT2D eigenvalue weighted by molar-refractivity contribution is 0.223. The van der Waals surface area contributed by atoms with E-state index in [-0.39, 0.29) is 6.04 Å². The van der Waals surface area contributed by atoms with E-state index in [1.807, 2.05) is 18.5 Å². The summed E-state index contributed by atoms with van der Waals surface area (Å²) in [5.74, 6) is 0. The molecule has 20 heavy (non-hydrogen) atoms. The fourth-order valence-corrected chi connectivity index (χ4v) is 2.46. The number of aromatic nitrogens is 1. The first-order valence-electron chi connectivity index (χ1n) is 7.01. The van der Waals surface area contributed by atoms with Crippen molar-refractivity contribution in [1.82, 2.24) is 14.8 Å². The predicted octanol–water partition coefficient (Wildman–Crippen LogP) is 1.73. The molecule has 0 saturated carbocycles. The summed E-state index contributed by atoms with van der Waals surface area (Å²) in [6.07, 6.45) is 3.86. The number of hydrogen-bond donors (Lipinski definition) is 1. The molecule has 0 fully saturated rings. The first kappa shape index (κ1) is 14.9. The van der Waals surface area contributed by atoms with E-state index in [1.165, 1.54) is 16.3 Å². The van der Waals surface area contributed by atoms with Gasteiger partial charge in [-0.2, -0.15) is 0 Å². The highest BCUT2D eigenvalue weighted by Gasteiger charge is 2.18. The Hall–Kier alpha value is -1.49. The number of pyridine rings is 1. The van der Waals surface area contributed by atoms with Crippen molar-refractivity contribution in [3.8, 4) is 0 Å². The Morgan fingerprint density at radius 1 is 1.10 bits per heavy atom. The number of likely N-dealkylation sites (N-methyl/N-ethyl adjacent to an activating group) is 2. The van der Waals surface area contributed by atoms with Crippen LogP contribution in [0.1, 0.15) is 11.6 Å². The highest BCUT2D eigenvalue weighted by molar-refractivity contribution is 5.85. The summed E-state index contributed by atoms with van der Waals surface area (Å²) in [6, 6.07) is 8.56. The maximum atomic E-state index is 6.02. The third-order valence-electron chi connectivity index (χ3n) is 3.71. The number of benzene rings is 1. The summed E-state index contributed by atoms with van der Waals surface area (Å²) in [6.45, 7) is 2.60. The smallest absolute Gasteiger partial charge is 0.0489 e. The van der Waals surface area contributed by atoms with Crippen LogP contribution < -0.4 is 5.73 Å². The lowest BCUT2D eigenvalue weighted by Crippen LogP contribution is -2.35. The van der Waals surface area contributed by atoms with Gasteiger partial charge < -0.3 is 10.6 Å². The number of hydrogen-bond acceptors (Lipinski definition) is 4. The molecule has 4 heteroatoms. The van der Waals surface area contributed by atoms with Crippen LogP contribution in [0.15, 0.2) is 36.7 Å². The van der Waals surface area contributed by atoms with E-state index in [2.05, 4.69) is 54.1 Å². The topological polar surface area (TPSA) is 45.4 Å². The molecular weight excluding hydrogens is 248 g/mol. The molecule has 1 aromatic carbocycles. The number of nitrogens with two attached hydrogens (primary N) is 1. The average molecular weight is 272 g/mol. The average Bonchev–Trinajstić information content (AvgIpc) is 2.46. The van der Waals surface area contributed by atoms with Gasteiger partial charge in [0, 0.05) is 43.5 Å².